The first-order valence-corrected chi connectivity index (χ1v) is 5.78. The lowest BCUT2D eigenvalue weighted by atomic mass is 10.1. The standard InChI is InChI=1S/C11H18FN5.ClH/c1-16(2)10-9(12)6-14-11(15-10)17-5-3-4-8(13)7-17;/h6,8H,3-5,7,13H2,1-2H3;1H/t8-;/m0./s1. The Bertz CT molecular complexity index is 401. The van der Waals surface area contributed by atoms with Crippen LogP contribution in [0.25, 0.3) is 0 Å². The number of anilines is 2. The zero-order valence-corrected chi connectivity index (χ0v) is 11.5. The highest BCUT2D eigenvalue weighted by Crippen LogP contribution is 2.19. The summed E-state index contributed by atoms with van der Waals surface area (Å²) in [7, 11) is 3.52. The minimum absolute atomic E-state index is 0. The topological polar surface area (TPSA) is 58.3 Å². The number of hydrogen-bond acceptors (Lipinski definition) is 5. The largest absolute Gasteiger partial charge is 0.360 e. The van der Waals surface area contributed by atoms with E-state index in [1.54, 1.807) is 19.0 Å². The summed E-state index contributed by atoms with van der Waals surface area (Å²) in [5, 5.41) is 0. The Morgan fingerprint density at radius 2 is 2.22 bits per heavy atom. The van der Waals surface area contributed by atoms with Crippen LogP contribution in [-0.4, -0.2) is 43.2 Å². The van der Waals surface area contributed by atoms with Gasteiger partial charge in [0.15, 0.2) is 11.6 Å². The van der Waals surface area contributed by atoms with Crippen molar-refractivity contribution in [2.45, 2.75) is 18.9 Å². The van der Waals surface area contributed by atoms with E-state index in [1.165, 1.54) is 6.20 Å². The molecule has 1 aromatic heterocycles. The lowest BCUT2D eigenvalue weighted by molar-refractivity contribution is 0.498. The minimum Gasteiger partial charge on any atom is -0.360 e. The predicted octanol–water partition coefficient (Wildman–Crippen LogP) is 1.03. The fourth-order valence-electron chi connectivity index (χ4n) is 2.01. The minimum atomic E-state index is -0.403. The maximum absolute atomic E-state index is 13.5. The van der Waals surface area contributed by atoms with Crippen LogP contribution in [-0.2, 0) is 0 Å². The second-order valence-electron chi connectivity index (χ2n) is 4.58. The Morgan fingerprint density at radius 1 is 1.50 bits per heavy atom. The van der Waals surface area contributed by atoms with E-state index < -0.39 is 5.82 Å². The van der Waals surface area contributed by atoms with Gasteiger partial charge in [-0.3, -0.25) is 0 Å². The van der Waals surface area contributed by atoms with Gasteiger partial charge in [0.25, 0.3) is 0 Å². The van der Waals surface area contributed by atoms with E-state index in [4.69, 9.17) is 5.73 Å². The third-order valence-electron chi connectivity index (χ3n) is 2.88. The van der Waals surface area contributed by atoms with E-state index in [-0.39, 0.29) is 18.4 Å². The lowest BCUT2D eigenvalue weighted by Crippen LogP contribution is -2.43. The van der Waals surface area contributed by atoms with E-state index in [0.29, 0.717) is 11.8 Å². The van der Waals surface area contributed by atoms with Crippen LogP contribution < -0.4 is 15.5 Å². The van der Waals surface area contributed by atoms with Crippen LogP contribution in [0.5, 0.6) is 0 Å². The number of halogens is 2. The highest BCUT2D eigenvalue weighted by molar-refractivity contribution is 5.85. The van der Waals surface area contributed by atoms with Gasteiger partial charge in [-0.15, -0.1) is 12.4 Å². The highest BCUT2D eigenvalue weighted by atomic mass is 35.5. The first-order chi connectivity index (χ1) is 8.08. The fourth-order valence-corrected chi connectivity index (χ4v) is 2.01. The summed E-state index contributed by atoms with van der Waals surface area (Å²) in [4.78, 5) is 11.9. The molecule has 1 aromatic rings. The van der Waals surface area contributed by atoms with Gasteiger partial charge >= 0.3 is 0 Å². The van der Waals surface area contributed by atoms with Gasteiger partial charge in [0.05, 0.1) is 6.20 Å². The normalized spacial score (nSPS) is 19.3. The monoisotopic (exact) mass is 275 g/mol. The summed E-state index contributed by atoms with van der Waals surface area (Å²) in [6.07, 6.45) is 3.27. The van der Waals surface area contributed by atoms with Crippen molar-refractivity contribution in [3.05, 3.63) is 12.0 Å². The van der Waals surface area contributed by atoms with Gasteiger partial charge in [-0.25, -0.2) is 9.37 Å². The third kappa shape index (κ3) is 3.20. The Morgan fingerprint density at radius 3 is 2.83 bits per heavy atom. The van der Waals surface area contributed by atoms with Crippen LogP contribution in [0.4, 0.5) is 16.2 Å². The molecule has 1 aliphatic heterocycles. The molecule has 0 saturated carbocycles. The molecule has 1 atom stereocenters. The molecule has 2 N–H and O–H groups in total. The average Bonchev–Trinajstić information content (AvgIpc) is 2.29. The summed E-state index contributed by atoms with van der Waals surface area (Å²) in [5.41, 5.74) is 5.91. The smallest absolute Gasteiger partial charge is 0.227 e. The third-order valence-corrected chi connectivity index (χ3v) is 2.88. The number of nitrogens with zero attached hydrogens (tertiary/aromatic N) is 4. The molecule has 1 saturated heterocycles. The zero-order valence-electron chi connectivity index (χ0n) is 10.6. The molecule has 1 aliphatic rings. The van der Waals surface area contributed by atoms with Gasteiger partial charge in [-0.2, -0.15) is 4.98 Å². The molecular weight excluding hydrogens is 257 g/mol. The van der Waals surface area contributed by atoms with E-state index in [0.717, 1.165) is 25.9 Å². The molecule has 18 heavy (non-hydrogen) atoms. The van der Waals surface area contributed by atoms with Gasteiger partial charge in [0, 0.05) is 33.2 Å². The number of aromatic nitrogens is 2. The van der Waals surface area contributed by atoms with Crippen LogP contribution >= 0.6 is 12.4 Å². The van der Waals surface area contributed by atoms with E-state index in [9.17, 15) is 4.39 Å². The number of piperidine rings is 1. The molecule has 7 heteroatoms. The van der Waals surface area contributed by atoms with Crippen molar-refractivity contribution in [1.29, 1.82) is 0 Å². The Balaban J connectivity index is 0.00000162. The number of rotatable bonds is 2. The van der Waals surface area contributed by atoms with Crippen molar-refractivity contribution < 1.29 is 4.39 Å². The van der Waals surface area contributed by atoms with Crippen molar-refractivity contribution in [1.82, 2.24) is 9.97 Å². The average molecular weight is 276 g/mol. The van der Waals surface area contributed by atoms with E-state index >= 15 is 0 Å². The molecule has 102 valence electrons. The molecule has 5 nitrogen and oxygen atoms in total. The van der Waals surface area contributed by atoms with Gasteiger partial charge < -0.3 is 15.5 Å². The van der Waals surface area contributed by atoms with Gasteiger partial charge in [0.1, 0.15) is 0 Å². The molecule has 0 bridgehead atoms. The van der Waals surface area contributed by atoms with Crippen LogP contribution in [0.1, 0.15) is 12.8 Å². The highest BCUT2D eigenvalue weighted by Gasteiger charge is 2.20. The summed E-state index contributed by atoms with van der Waals surface area (Å²) in [6, 6.07) is 0.153. The molecule has 0 radical (unpaired) electrons. The molecular formula is C11H19ClFN5. The molecule has 0 spiro atoms. The Labute approximate surface area is 113 Å². The van der Waals surface area contributed by atoms with Gasteiger partial charge in [-0.1, -0.05) is 0 Å². The Kier molecular flexibility index (Phi) is 5.10. The Hall–Kier alpha value is -1.14. The molecule has 0 amide bonds. The second-order valence-corrected chi connectivity index (χ2v) is 4.58. The molecule has 2 heterocycles. The van der Waals surface area contributed by atoms with Crippen molar-refractivity contribution >= 4 is 24.2 Å². The van der Waals surface area contributed by atoms with Crippen LogP contribution in [0.2, 0.25) is 0 Å². The van der Waals surface area contributed by atoms with Gasteiger partial charge in [0.2, 0.25) is 5.95 Å². The van der Waals surface area contributed by atoms with Crippen LogP contribution in [0.3, 0.4) is 0 Å². The maximum Gasteiger partial charge on any atom is 0.227 e. The van der Waals surface area contributed by atoms with E-state index in [2.05, 4.69) is 9.97 Å². The molecule has 0 unspecified atom stereocenters. The first kappa shape index (κ1) is 14.9. The maximum atomic E-state index is 13.5. The molecule has 2 rings (SSSR count). The summed E-state index contributed by atoms with van der Waals surface area (Å²) >= 11 is 0. The SMILES string of the molecule is CN(C)c1nc(N2CCC[C@H](N)C2)ncc1F.Cl. The molecule has 1 fully saturated rings. The van der Waals surface area contributed by atoms with Crippen LogP contribution in [0.15, 0.2) is 6.20 Å². The summed E-state index contributed by atoms with van der Waals surface area (Å²) in [6.45, 7) is 1.62. The second kappa shape index (κ2) is 6.15. The number of hydrogen-bond donors (Lipinski definition) is 1. The first-order valence-electron chi connectivity index (χ1n) is 5.78. The molecule has 0 aliphatic carbocycles. The lowest BCUT2D eigenvalue weighted by Gasteiger charge is -2.31. The van der Waals surface area contributed by atoms with Crippen LogP contribution in [0, 0.1) is 5.82 Å². The van der Waals surface area contributed by atoms with Crippen molar-refractivity contribution in [2.24, 2.45) is 5.73 Å². The van der Waals surface area contributed by atoms with Crippen molar-refractivity contribution in [3.8, 4) is 0 Å². The van der Waals surface area contributed by atoms with E-state index in [1.807, 2.05) is 4.90 Å². The van der Waals surface area contributed by atoms with Crippen molar-refractivity contribution in [3.63, 3.8) is 0 Å². The van der Waals surface area contributed by atoms with Crippen molar-refractivity contribution in [2.75, 3.05) is 37.0 Å². The molecule has 0 aromatic carbocycles. The predicted molar refractivity (Wildman–Crippen MR) is 73.0 cm³/mol. The van der Waals surface area contributed by atoms with Gasteiger partial charge in [-0.05, 0) is 12.8 Å². The number of nitrogens with two attached hydrogens (primary N) is 1. The quantitative estimate of drug-likeness (QED) is 0.874. The summed E-state index contributed by atoms with van der Waals surface area (Å²) < 4.78 is 13.5. The fraction of sp³-hybridized carbons (Fsp3) is 0.636. The summed E-state index contributed by atoms with van der Waals surface area (Å²) in [5.74, 6) is 0.472. The zero-order chi connectivity index (χ0) is 12.4.